The van der Waals surface area contributed by atoms with Crippen LogP contribution in [0.25, 0.3) is 0 Å². The van der Waals surface area contributed by atoms with Crippen LogP contribution in [0.1, 0.15) is 31.9 Å². The van der Waals surface area contributed by atoms with E-state index in [4.69, 9.17) is 0 Å². The minimum atomic E-state index is -3.23. The molecule has 0 aliphatic carbocycles. The van der Waals surface area contributed by atoms with E-state index in [1.54, 1.807) is 0 Å². The number of hydrogen-bond donors (Lipinski definition) is 2. The monoisotopic (exact) mass is 559 g/mol. The third-order valence-electron chi connectivity index (χ3n) is 4.84. The van der Waals surface area contributed by atoms with Crippen molar-refractivity contribution in [1.82, 2.24) is 19.8 Å². The van der Waals surface area contributed by atoms with Crippen molar-refractivity contribution in [1.29, 1.82) is 0 Å². The standard InChI is InChI=1S/C19H31F2N5O2S.HI/c1-4-18(16-7-6-15(20)14-17(16)21)25-10-12-26(13-11-25)19(22-5-2)23-8-9-24-29(3,27)28;/h6-7,14,18,24H,4-5,8-13H2,1-3H3,(H,22,23);1H. The minimum absolute atomic E-state index is 0. The fourth-order valence-electron chi connectivity index (χ4n) is 3.51. The number of piperazine rings is 1. The van der Waals surface area contributed by atoms with Crippen molar-refractivity contribution in [2.75, 3.05) is 52.1 Å². The number of benzene rings is 1. The van der Waals surface area contributed by atoms with Gasteiger partial charge in [0.15, 0.2) is 5.96 Å². The number of sulfonamides is 1. The van der Waals surface area contributed by atoms with Crippen LogP contribution in [0.5, 0.6) is 0 Å². The lowest BCUT2D eigenvalue weighted by molar-refractivity contribution is 0.124. The molecule has 1 atom stereocenters. The van der Waals surface area contributed by atoms with Crippen LogP contribution in [0.2, 0.25) is 0 Å². The molecule has 1 aliphatic heterocycles. The maximum atomic E-state index is 14.2. The first-order valence-corrected chi connectivity index (χ1v) is 11.8. The van der Waals surface area contributed by atoms with Gasteiger partial charge in [-0.15, -0.1) is 24.0 Å². The second-order valence-electron chi connectivity index (χ2n) is 7.02. The molecule has 30 heavy (non-hydrogen) atoms. The van der Waals surface area contributed by atoms with E-state index in [9.17, 15) is 17.2 Å². The van der Waals surface area contributed by atoms with Gasteiger partial charge in [-0.05, 0) is 19.4 Å². The summed E-state index contributed by atoms with van der Waals surface area (Å²) in [7, 11) is -3.23. The molecule has 1 unspecified atom stereocenters. The SMILES string of the molecule is CCNC(=NCCNS(C)(=O)=O)N1CCN(C(CC)c2ccc(F)cc2F)CC1.I. The molecule has 0 bridgehead atoms. The lowest BCUT2D eigenvalue weighted by atomic mass is 10.0. The van der Waals surface area contributed by atoms with Crippen molar-refractivity contribution < 1.29 is 17.2 Å². The predicted octanol–water partition coefficient (Wildman–Crippen LogP) is 2.17. The Morgan fingerprint density at radius 1 is 1.20 bits per heavy atom. The molecule has 0 radical (unpaired) electrons. The van der Waals surface area contributed by atoms with E-state index in [1.165, 1.54) is 12.1 Å². The van der Waals surface area contributed by atoms with E-state index in [2.05, 4.69) is 24.8 Å². The first-order chi connectivity index (χ1) is 13.7. The Morgan fingerprint density at radius 3 is 2.40 bits per heavy atom. The van der Waals surface area contributed by atoms with Crippen molar-refractivity contribution in [2.24, 2.45) is 4.99 Å². The number of halogens is 3. The summed E-state index contributed by atoms with van der Waals surface area (Å²) in [4.78, 5) is 8.83. The molecule has 1 aromatic rings. The number of rotatable bonds is 8. The van der Waals surface area contributed by atoms with Crippen LogP contribution in [0.15, 0.2) is 23.2 Å². The third kappa shape index (κ3) is 8.23. The van der Waals surface area contributed by atoms with Gasteiger partial charge in [0, 0.05) is 56.9 Å². The lowest BCUT2D eigenvalue weighted by Crippen LogP contribution is -2.53. The van der Waals surface area contributed by atoms with Crippen molar-refractivity contribution in [2.45, 2.75) is 26.3 Å². The quantitative estimate of drug-likeness (QED) is 0.221. The molecule has 7 nitrogen and oxygen atoms in total. The van der Waals surface area contributed by atoms with Gasteiger partial charge in [0.25, 0.3) is 0 Å². The predicted molar refractivity (Wildman–Crippen MR) is 127 cm³/mol. The number of nitrogens with zero attached hydrogens (tertiary/aromatic N) is 3. The van der Waals surface area contributed by atoms with Crippen LogP contribution in [-0.2, 0) is 10.0 Å². The van der Waals surface area contributed by atoms with Gasteiger partial charge in [-0.2, -0.15) is 0 Å². The molecule has 0 amide bonds. The molecule has 2 rings (SSSR count). The average Bonchev–Trinajstić information content (AvgIpc) is 2.66. The van der Waals surface area contributed by atoms with Crippen LogP contribution in [-0.4, -0.2) is 76.2 Å². The van der Waals surface area contributed by atoms with Gasteiger partial charge in [0.05, 0.1) is 12.8 Å². The molecule has 1 fully saturated rings. The first kappa shape index (κ1) is 27.0. The summed E-state index contributed by atoms with van der Waals surface area (Å²) >= 11 is 0. The summed E-state index contributed by atoms with van der Waals surface area (Å²) in [6.45, 7) is 8.14. The van der Waals surface area contributed by atoms with Gasteiger partial charge >= 0.3 is 0 Å². The van der Waals surface area contributed by atoms with Crippen molar-refractivity contribution in [3.8, 4) is 0 Å². The van der Waals surface area contributed by atoms with Crippen LogP contribution >= 0.6 is 24.0 Å². The summed E-state index contributed by atoms with van der Waals surface area (Å²) < 4.78 is 52.2. The highest BCUT2D eigenvalue weighted by Gasteiger charge is 2.27. The van der Waals surface area contributed by atoms with E-state index in [-0.39, 0.29) is 36.6 Å². The van der Waals surface area contributed by atoms with Crippen molar-refractivity contribution in [3.63, 3.8) is 0 Å². The maximum Gasteiger partial charge on any atom is 0.208 e. The largest absolute Gasteiger partial charge is 0.357 e. The smallest absolute Gasteiger partial charge is 0.208 e. The second kappa shape index (κ2) is 12.7. The van der Waals surface area contributed by atoms with E-state index < -0.39 is 21.7 Å². The number of hydrogen-bond acceptors (Lipinski definition) is 4. The summed E-state index contributed by atoms with van der Waals surface area (Å²) in [5, 5.41) is 3.23. The molecule has 1 aliphatic rings. The van der Waals surface area contributed by atoms with Gasteiger partial charge < -0.3 is 10.2 Å². The molecule has 1 aromatic carbocycles. The highest BCUT2D eigenvalue weighted by molar-refractivity contribution is 14.0. The van der Waals surface area contributed by atoms with E-state index in [1.807, 2.05) is 13.8 Å². The minimum Gasteiger partial charge on any atom is -0.357 e. The van der Waals surface area contributed by atoms with Gasteiger partial charge in [0.2, 0.25) is 10.0 Å². The molecular formula is C19H32F2IN5O2S. The summed E-state index contributed by atoms with van der Waals surface area (Å²) in [5.41, 5.74) is 0.523. The molecule has 0 aromatic heterocycles. The fraction of sp³-hybridized carbons (Fsp3) is 0.632. The molecule has 2 N–H and O–H groups in total. The van der Waals surface area contributed by atoms with Gasteiger partial charge in [0.1, 0.15) is 11.6 Å². The zero-order valence-corrected chi connectivity index (χ0v) is 20.8. The van der Waals surface area contributed by atoms with E-state index in [0.717, 1.165) is 37.8 Å². The number of aliphatic imine (C=N–C) groups is 1. The van der Waals surface area contributed by atoms with Gasteiger partial charge in [-0.25, -0.2) is 21.9 Å². The number of guanidine groups is 1. The molecule has 11 heteroatoms. The average molecular weight is 559 g/mol. The molecule has 0 saturated carbocycles. The van der Waals surface area contributed by atoms with Crippen molar-refractivity contribution in [3.05, 3.63) is 35.4 Å². The van der Waals surface area contributed by atoms with Crippen LogP contribution < -0.4 is 10.0 Å². The molecule has 0 spiro atoms. The lowest BCUT2D eigenvalue weighted by Gasteiger charge is -2.40. The highest BCUT2D eigenvalue weighted by atomic mass is 127. The number of nitrogens with one attached hydrogen (secondary N) is 2. The van der Waals surface area contributed by atoms with Crippen LogP contribution in [0, 0.1) is 11.6 Å². The third-order valence-corrected chi connectivity index (χ3v) is 5.56. The summed E-state index contributed by atoms with van der Waals surface area (Å²) in [6, 6.07) is 3.68. The summed E-state index contributed by atoms with van der Waals surface area (Å²) in [6.07, 6.45) is 1.85. The maximum absolute atomic E-state index is 14.2. The molecule has 1 heterocycles. The Labute approximate surface area is 195 Å². The Bertz CT molecular complexity index is 802. The van der Waals surface area contributed by atoms with Gasteiger partial charge in [-0.1, -0.05) is 13.0 Å². The van der Waals surface area contributed by atoms with Crippen molar-refractivity contribution >= 4 is 40.0 Å². The topological polar surface area (TPSA) is 77.0 Å². The zero-order chi connectivity index (χ0) is 21.4. The van der Waals surface area contributed by atoms with E-state index >= 15 is 0 Å². The molecule has 1 saturated heterocycles. The van der Waals surface area contributed by atoms with Crippen LogP contribution in [0.3, 0.4) is 0 Å². The van der Waals surface area contributed by atoms with Gasteiger partial charge in [-0.3, -0.25) is 9.89 Å². The molecule has 172 valence electrons. The Balaban J connectivity index is 0.00000450. The fourth-order valence-corrected chi connectivity index (χ4v) is 3.97. The van der Waals surface area contributed by atoms with Crippen LogP contribution in [0.4, 0.5) is 8.78 Å². The normalized spacial score (nSPS) is 16.8. The molecular weight excluding hydrogens is 527 g/mol. The summed E-state index contributed by atoms with van der Waals surface area (Å²) in [5.74, 6) is -0.334. The second-order valence-corrected chi connectivity index (χ2v) is 8.85. The highest BCUT2D eigenvalue weighted by Crippen LogP contribution is 2.28. The Kier molecular flexibility index (Phi) is 11.4. The van der Waals surface area contributed by atoms with E-state index in [0.29, 0.717) is 31.7 Å². The first-order valence-electron chi connectivity index (χ1n) is 9.92. The Morgan fingerprint density at radius 2 is 1.87 bits per heavy atom. The zero-order valence-electron chi connectivity index (χ0n) is 17.7. The Hall–Kier alpha value is -1.05.